The van der Waals surface area contributed by atoms with Crippen molar-refractivity contribution in [2.45, 2.75) is 13.3 Å². The minimum Gasteiger partial charge on any atom is -0.395 e. The smallest absolute Gasteiger partial charge is 0.271 e. The van der Waals surface area contributed by atoms with Gasteiger partial charge in [0, 0.05) is 20.1 Å². The summed E-state index contributed by atoms with van der Waals surface area (Å²) in [6.45, 7) is 2.35. The van der Waals surface area contributed by atoms with Gasteiger partial charge >= 0.3 is 0 Å². The second-order valence-electron chi connectivity index (χ2n) is 4.25. The first kappa shape index (κ1) is 15.4. The summed E-state index contributed by atoms with van der Waals surface area (Å²) in [6, 6.07) is 0. The Bertz CT molecular complexity index is 564. The van der Waals surface area contributed by atoms with Gasteiger partial charge in [-0.3, -0.25) is 9.48 Å². The Morgan fingerprint density at radius 2 is 2.05 bits per heavy atom. The summed E-state index contributed by atoms with van der Waals surface area (Å²) in [5.41, 5.74) is 7.03. The van der Waals surface area contributed by atoms with E-state index in [9.17, 15) is 13.2 Å². The number of nitrogens with zero attached hydrogens (tertiary/aromatic N) is 2. The second kappa shape index (κ2) is 6.02. The van der Waals surface area contributed by atoms with Gasteiger partial charge in [0.25, 0.3) is 5.91 Å². The lowest BCUT2D eigenvalue weighted by molar-refractivity contribution is 0.0945. The molecule has 1 heterocycles. The predicted molar refractivity (Wildman–Crippen MR) is 72.2 cm³/mol. The predicted octanol–water partition coefficient (Wildman–Crippen LogP) is -1.02. The first-order valence-electron chi connectivity index (χ1n) is 5.74. The third-order valence-electron chi connectivity index (χ3n) is 2.49. The summed E-state index contributed by atoms with van der Waals surface area (Å²) in [6.07, 6.45) is 1.58. The van der Waals surface area contributed by atoms with Crippen molar-refractivity contribution in [3.63, 3.8) is 0 Å². The van der Waals surface area contributed by atoms with Crippen LogP contribution in [0.4, 0.5) is 5.69 Å². The number of nitrogen functional groups attached to an aromatic ring is 1. The summed E-state index contributed by atoms with van der Waals surface area (Å²) >= 11 is 0. The lowest BCUT2D eigenvalue weighted by Gasteiger charge is -2.06. The van der Waals surface area contributed by atoms with Gasteiger partial charge in [0.2, 0.25) is 10.0 Å². The van der Waals surface area contributed by atoms with Crippen molar-refractivity contribution < 1.29 is 13.2 Å². The summed E-state index contributed by atoms with van der Waals surface area (Å²) in [5.74, 6) is -0.319. The van der Waals surface area contributed by atoms with Crippen molar-refractivity contribution in [3.8, 4) is 0 Å². The van der Waals surface area contributed by atoms with Gasteiger partial charge in [-0.1, -0.05) is 0 Å². The van der Waals surface area contributed by atoms with Gasteiger partial charge in [-0.05, 0) is 13.3 Å². The molecule has 4 N–H and O–H groups in total. The van der Waals surface area contributed by atoms with E-state index in [0.717, 1.165) is 6.26 Å². The lowest BCUT2D eigenvalue weighted by atomic mass is 10.3. The molecule has 0 aliphatic rings. The van der Waals surface area contributed by atoms with Crippen molar-refractivity contribution in [3.05, 3.63) is 11.4 Å². The number of anilines is 1. The summed E-state index contributed by atoms with van der Waals surface area (Å²) in [7, 11) is -1.54. The standard InChI is InChI=1S/C10H19N5O3S/c1-7-8(11)9(15(2)14-7)10(16)12-5-4-6-13-19(3,17)18/h13H,4-6,11H2,1-3H3,(H,12,16). The van der Waals surface area contributed by atoms with Crippen molar-refractivity contribution in [1.29, 1.82) is 0 Å². The zero-order valence-electron chi connectivity index (χ0n) is 11.2. The van der Waals surface area contributed by atoms with Crippen LogP contribution in [0, 0.1) is 6.92 Å². The number of nitrogens with one attached hydrogen (secondary N) is 2. The summed E-state index contributed by atoms with van der Waals surface area (Å²) < 4.78 is 25.4. The Kier molecular flexibility index (Phi) is 4.90. The molecule has 1 aromatic rings. The SMILES string of the molecule is Cc1nn(C)c(C(=O)NCCCNS(C)(=O)=O)c1N. The molecule has 1 aromatic heterocycles. The number of nitrogens with two attached hydrogens (primary N) is 1. The number of hydrogen-bond acceptors (Lipinski definition) is 5. The maximum Gasteiger partial charge on any atom is 0.271 e. The van der Waals surface area contributed by atoms with Crippen LogP contribution in [-0.4, -0.2) is 43.5 Å². The molecule has 19 heavy (non-hydrogen) atoms. The number of sulfonamides is 1. The second-order valence-corrected chi connectivity index (χ2v) is 6.08. The Morgan fingerprint density at radius 1 is 1.42 bits per heavy atom. The molecule has 0 bridgehead atoms. The molecule has 0 aromatic carbocycles. The number of amides is 1. The third-order valence-corrected chi connectivity index (χ3v) is 3.22. The summed E-state index contributed by atoms with van der Waals surface area (Å²) in [5, 5.41) is 6.71. The number of aryl methyl sites for hydroxylation is 2. The van der Waals surface area contributed by atoms with E-state index in [1.54, 1.807) is 14.0 Å². The van der Waals surface area contributed by atoms with Crippen molar-refractivity contribution in [1.82, 2.24) is 19.8 Å². The Morgan fingerprint density at radius 3 is 2.53 bits per heavy atom. The molecule has 0 radical (unpaired) electrons. The lowest BCUT2D eigenvalue weighted by Crippen LogP contribution is -2.30. The number of aromatic nitrogens is 2. The summed E-state index contributed by atoms with van der Waals surface area (Å²) in [4.78, 5) is 11.9. The molecule has 9 heteroatoms. The molecule has 1 amide bonds. The first-order chi connectivity index (χ1) is 8.72. The van der Waals surface area contributed by atoms with E-state index in [4.69, 9.17) is 5.73 Å². The normalized spacial score (nSPS) is 11.5. The monoisotopic (exact) mass is 289 g/mol. The van der Waals surface area contributed by atoms with Gasteiger partial charge < -0.3 is 11.1 Å². The van der Waals surface area contributed by atoms with Crippen LogP contribution in [0.15, 0.2) is 0 Å². The fourth-order valence-corrected chi connectivity index (χ4v) is 2.09. The molecule has 8 nitrogen and oxygen atoms in total. The molecule has 1 rings (SSSR count). The maximum atomic E-state index is 11.9. The van der Waals surface area contributed by atoms with Crippen molar-refractivity contribution >= 4 is 21.6 Å². The van der Waals surface area contributed by atoms with Gasteiger partial charge in [0.15, 0.2) is 0 Å². The van der Waals surface area contributed by atoms with E-state index in [1.165, 1.54) is 4.68 Å². The van der Waals surface area contributed by atoms with Gasteiger partial charge in [0.05, 0.1) is 17.6 Å². The largest absolute Gasteiger partial charge is 0.395 e. The molecular formula is C10H19N5O3S. The molecule has 108 valence electrons. The first-order valence-corrected chi connectivity index (χ1v) is 7.63. The molecule has 0 aliphatic heterocycles. The Balaban J connectivity index is 2.44. The van der Waals surface area contributed by atoms with Crippen LogP contribution in [0.3, 0.4) is 0 Å². The number of rotatable bonds is 6. The Labute approximate surface area is 112 Å². The molecule has 0 atom stereocenters. The molecule has 0 aliphatic carbocycles. The van der Waals surface area contributed by atoms with Gasteiger partial charge in [-0.2, -0.15) is 5.10 Å². The van der Waals surface area contributed by atoms with Gasteiger partial charge in [-0.25, -0.2) is 13.1 Å². The zero-order chi connectivity index (χ0) is 14.6. The number of carbonyl (C=O) groups is 1. The van der Waals surface area contributed by atoms with E-state index in [2.05, 4.69) is 15.1 Å². The topological polar surface area (TPSA) is 119 Å². The number of hydrogen-bond donors (Lipinski definition) is 3. The van der Waals surface area contributed by atoms with E-state index in [1.807, 2.05) is 0 Å². The van der Waals surface area contributed by atoms with Crippen molar-refractivity contribution in [2.24, 2.45) is 7.05 Å². The maximum absolute atomic E-state index is 11.9. The molecule has 0 spiro atoms. The van der Waals surface area contributed by atoms with Crippen LogP contribution in [0.2, 0.25) is 0 Å². The fourth-order valence-electron chi connectivity index (χ4n) is 1.58. The van der Waals surface area contributed by atoms with Crippen LogP contribution < -0.4 is 15.8 Å². The van der Waals surface area contributed by atoms with Crippen LogP contribution in [0.5, 0.6) is 0 Å². The highest BCUT2D eigenvalue weighted by Gasteiger charge is 2.17. The number of carbonyl (C=O) groups excluding carboxylic acids is 1. The van der Waals surface area contributed by atoms with E-state index in [0.29, 0.717) is 30.0 Å². The minimum atomic E-state index is -3.18. The van der Waals surface area contributed by atoms with E-state index < -0.39 is 10.0 Å². The average molecular weight is 289 g/mol. The molecule has 0 fully saturated rings. The average Bonchev–Trinajstić information content (AvgIpc) is 2.51. The van der Waals surface area contributed by atoms with Gasteiger partial charge in [-0.15, -0.1) is 0 Å². The quantitative estimate of drug-likeness (QED) is 0.579. The highest BCUT2D eigenvalue weighted by Crippen LogP contribution is 2.14. The molecule has 0 saturated heterocycles. The zero-order valence-corrected chi connectivity index (χ0v) is 12.0. The van der Waals surface area contributed by atoms with Crippen LogP contribution in [0.1, 0.15) is 22.6 Å². The van der Waals surface area contributed by atoms with Crippen LogP contribution >= 0.6 is 0 Å². The van der Waals surface area contributed by atoms with E-state index >= 15 is 0 Å². The van der Waals surface area contributed by atoms with Gasteiger partial charge in [0.1, 0.15) is 5.69 Å². The minimum absolute atomic E-state index is 0.277. The van der Waals surface area contributed by atoms with Crippen LogP contribution in [-0.2, 0) is 17.1 Å². The molecule has 0 saturated carbocycles. The fraction of sp³-hybridized carbons (Fsp3) is 0.600. The molecule has 0 unspecified atom stereocenters. The van der Waals surface area contributed by atoms with Crippen molar-refractivity contribution in [2.75, 3.05) is 25.1 Å². The third kappa shape index (κ3) is 4.52. The van der Waals surface area contributed by atoms with Crippen LogP contribution in [0.25, 0.3) is 0 Å². The highest BCUT2D eigenvalue weighted by molar-refractivity contribution is 7.88. The molecular weight excluding hydrogens is 270 g/mol. The Hall–Kier alpha value is -1.61. The van der Waals surface area contributed by atoms with E-state index in [-0.39, 0.29) is 12.5 Å². The highest BCUT2D eigenvalue weighted by atomic mass is 32.2.